The number of aromatic nitrogens is 3. The first-order valence-electron chi connectivity index (χ1n) is 18.7. The molecule has 12 heteroatoms. The number of carbonyl (C=O) groups is 1. The van der Waals surface area contributed by atoms with Gasteiger partial charge in [0.1, 0.15) is 18.1 Å². The quantitative estimate of drug-likeness (QED) is 0.241. The number of hydrogen-bond acceptors (Lipinski definition) is 8. The lowest BCUT2D eigenvalue weighted by atomic mass is 10.1. The fraction of sp³-hybridized carbons (Fsp3) is 0.321. The number of carbonyl (C=O) groups excluding carboxylic acids is 1. The maximum atomic E-state index is 15.3. The number of benzene rings is 2. The van der Waals surface area contributed by atoms with E-state index in [2.05, 4.69) is 25.5 Å². The third kappa shape index (κ3) is 5.79. The largest absolute Gasteiger partial charge is 0.492 e. The topological polar surface area (TPSA) is 106 Å². The van der Waals surface area contributed by atoms with Crippen molar-refractivity contribution in [3.05, 3.63) is 60.4 Å². The van der Waals surface area contributed by atoms with E-state index >= 15 is 4.39 Å². The fourth-order valence-electron chi connectivity index (χ4n) is 3.78. The summed E-state index contributed by atoms with van der Waals surface area (Å²) in [4.78, 5) is 18.3. The van der Waals surface area contributed by atoms with Gasteiger partial charge in [-0.2, -0.15) is 0 Å². The summed E-state index contributed by atoms with van der Waals surface area (Å²) in [5.74, 6) is -0.137. The normalized spacial score (nSPS) is 25.4. The van der Waals surface area contributed by atoms with Gasteiger partial charge in [-0.15, -0.1) is 0 Å². The maximum absolute atomic E-state index is 15.3. The molecule has 1 fully saturated rings. The third-order valence-corrected chi connectivity index (χ3v) is 6.67. The van der Waals surface area contributed by atoms with Crippen LogP contribution in [-0.4, -0.2) is 64.7 Å². The number of halogens is 1. The monoisotopic (exact) mass is 578 g/mol. The van der Waals surface area contributed by atoms with E-state index in [1.165, 1.54) is 11.3 Å². The van der Waals surface area contributed by atoms with Gasteiger partial charge in [0.15, 0.2) is 10.6 Å². The van der Waals surface area contributed by atoms with Crippen LogP contribution >= 0.6 is 11.3 Å². The van der Waals surface area contributed by atoms with Gasteiger partial charge in [0.2, 0.25) is 5.88 Å². The minimum Gasteiger partial charge on any atom is -0.492 e. The van der Waals surface area contributed by atoms with E-state index in [9.17, 15) is 4.79 Å². The average molecular weight is 579 g/mol. The van der Waals surface area contributed by atoms with Gasteiger partial charge in [-0.3, -0.25) is 14.6 Å². The Morgan fingerprint density at radius 2 is 2.02 bits per heavy atom. The van der Waals surface area contributed by atoms with Gasteiger partial charge < -0.3 is 19.3 Å². The summed E-state index contributed by atoms with van der Waals surface area (Å²) in [5, 5.41) is 7.95. The standard InChI is InChI=1S/C28H29FN6O4S/c1-28(2,29)24-16-25(39-33-24)32-26(36)30-19-5-3-18(4-6-19)21-17-35-22-8-7-20(15-23(22)40-27(35)31-21)38-14-11-34-9-12-37-13-10-34/h3-8,15-17H,9-14H2,1-2H3,(H2,30,32,36)/i1D3,2D3,9D2,10D2,12D2,13D2. The Labute approximate surface area is 253 Å². The SMILES string of the molecule is [2H]C([2H])([2H])C(F)(c1cc(NC(=O)Nc2ccc(-c3cn4c(n3)sc3cc(OCCN5C([2H])([2H])C([2H])([2H])OC([2H])([2H])C5([2H])[2H])ccc34)cc2)on1)C([2H])([2H])[2H]. The summed E-state index contributed by atoms with van der Waals surface area (Å²) in [6.45, 7) is -20.3. The number of urea groups is 1. The molecule has 0 aliphatic carbocycles. The van der Waals surface area contributed by atoms with Crippen LogP contribution in [0.5, 0.6) is 5.75 Å². The second-order valence-electron chi connectivity index (χ2n) is 8.43. The van der Waals surface area contributed by atoms with Crippen molar-refractivity contribution < 1.29 is 42.4 Å². The molecule has 0 radical (unpaired) electrons. The zero-order valence-corrected chi connectivity index (χ0v) is 21.1. The Bertz CT molecular complexity index is 2160. The molecule has 0 bridgehead atoms. The molecule has 208 valence electrons. The Morgan fingerprint density at radius 3 is 2.83 bits per heavy atom. The van der Waals surface area contributed by atoms with E-state index < -0.39 is 69.6 Å². The van der Waals surface area contributed by atoms with Crippen LogP contribution in [0.25, 0.3) is 26.4 Å². The predicted octanol–water partition coefficient (Wildman–Crippen LogP) is 5.76. The Hall–Kier alpha value is -4.00. The summed E-state index contributed by atoms with van der Waals surface area (Å²) >= 11 is 1.33. The molecule has 10 nitrogen and oxygen atoms in total. The van der Waals surface area contributed by atoms with Gasteiger partial charge in [-0.25, -0.2) is 14.2 Å². The lowest BCUT2D eigenvalue weighted by Gasteiger charge is -2.26. The van der Waals surface area contributed by atoms with Crippen molar-refractivity contribution in [1.29, 1.82) is 0 Å². The van der Waals surface area contributed by atoms with Gasteiger partial charge in [-0.05, 0) is 44.0 Å². The molecule has 2 aromatic carbocycles. The molecule has 1 saturated heterocycles. The van der Waals surface area contributed by atoms with Crippen LogP contribution < -0.4 is 15.4 Å². The second kappa shape index (κ2) is 10.9. The first-order valence-corrected chi connectivity index (χ1v) is 12.5. The van der Waals surface area contributed by atoms with Gasteiger partial charge in [0, 0.05) is 56.8 Å². The molecular formula is C28H29FN6O4S. The molecule has 40 heavy (non-hydrogen) atoms. The molecule has 0 atom stereocenters. The third-order valence-electron chi connectivity index (χ3n) is 5.65. The number of nitrogens with one attached hydrogen (secondary N) is 2. The number of hydrogen-bond donors (Lipinski definition) is 2. The van der Waals surface area contributed by atoms with E-state index in [0.29, 0.717) is 38.6 Å². The highest BCUT2D eigenvalue weighted by atomic mass is 32.1. The van der Waals surface area contributed by atoms with Crippen LogP contribution in [0.4, 0.5) is 20.8 Å². The molecule has 4 heterocycles. The number of imidazole rings is 1. The van der Waals surface area contributed by atoms with Gasteiger partial charge in [0.05, 0.1) is 34.5 Å². The van der Waals surface area contributed by atoms with Crippen molar-refractivity contribution in [3.63, 3.8) is 0 Å². The summed E-state index contributed by atoms with van der Waals surface area (Å²) < 4.78 is 141. The molecule has 5 aromatic rings. The molecule has 3 aromatic heterocycles. The average Bonchev–Trinajstić information content (AvgIpc) is 3.75. The van der Waals surface area contributed by atoms with Crippen LogP contribution in [0.2, 0.25) is 0 Å². The lowest BCUT2D eigenvalue weighted by Crippen LogP contribution is -2.38. The summed E-state index contributed by atoms with van der Waals surface area (Å²) in [7, 11) is 0. The highest BCUT2D eigenvalue weighted by Crippen LogP contribution is 2.32. The summed E-state index contributed by atoms with van der Waals surface area (Å²) in [5.41, 5.74) is -2.48. The lowest BCUT2D eigenvalue weighted by molar-refractivity contribution is 0.0322. The number of anilines is 2. The van der Waals surface area contributed by atoms with Crippen LogP contribution in [0.1, 0.15) is 38.6 Å². The highest BCUT2D eigenvalue weighted by Gasteiger charge is 2.24. The molecule has 6 rings (SSSR count). The van der Waals surface area contributed by atoms with Crippen LogP contribution in [-0.2, 0) is 10.4 Å². The first-order chi connectivity index (χ1) is 24.8. The number of ether oxygens (including phenoxy) is 2. The van der Waals surface area contributed by atoms with Crippen molar-refractivity contribution in [2.45, 2.75) is 19.4 Å². The molecule has 1 aliphatic heterocycles. The minimum absolute atomic E-state index is 0.296. The predicted molar refractivity (Wildman–Crippen MR) is 152 cm³/mol. The zero-order chi connectivity index (χ0) is 39.9. The van der Waals surface area contributed by atoms with E-state index in [-0.39, 0.29) is 6.61 Å². The fourth-order valence-corrected chi connectivity index (χ4v) is 4.82. The first kappa shape index (κ1) is 14.6. The zero-order valence-electron chi connectivity index (χ0n) is 34.3. The van der Waals surface area contributed by atoms with Crippen LogP contribution in [0.3, 0.4) is 0 Å². The smallest absolute Gasteiger partial charge is 0.326 e. The Kier molecular flexibility index (Phi) is 3.96. The number of amides is 2. The van der Waals surface area contributed by atoms with E-state index in [0.717, 1.165) is 10.2 Å². The van der Waals surface area contributed by atoms with Gasteiger partial charge in [0.25, 0.3) is 0 Å². The number of thiazole rings is 1. The van der Waals surface area contributed by atoms with Crippen molar-refractivity contribution in [3.8, 4) is 17.0 Å². The number of rotatable bonds is 8. The molecule has 1 aliphatic rings. The van der Waals surface area contributed by atoms with Crippen LogP contribution in [0.15, 0.2) is 59.3 Å². The second-order valence-corrected chi connectivity index (χ2v) is 9.44. The summed E-state index contributed by atoms with van der Waals surface area (Å²) in [6.07, 6.45) is 1.79. The highest BCUT2D eigenvalue weighted by molar-refractivity contribution is 7.23. The summed E-state index contributed by atoms with van der Waals surface area (Å²) in [6, 6.07) is 11.4. The number of morpholine rings is 1. The van der Waals surface area contributed by atoms with E-state index in [1.807, 2.05) is 4.40 Å². The van der Waals surface area contributed by atoms with Gasteiger partial charge in [-0.1, -0.05) is 28.6 Å². The van der Waals surface area contributed by atoms with Crippen molar-refractivity contribution in [2.24, 2.45) is 0 Å². The minimum atomic E-state index is -3.84. The molecule has 2 N–H and O–H groups in total. The van der Waals surface area contributed by atoms with E-state index in [4.69, 9.17) is 28.5 Å². The molecule has 0 saturated carbocycles. The van der Waals surface area contributed by atoms with Crippen molar-refractivity contribution >= 4 is 44.1 Å². The maximum Gasteiger partial charge on any atom is 0.326 e. The van der Waals surface area contributed by atoms with Crippen LogP contribution in [0, 0.1) is 0 Å². The van der Waals surface area contributed by atoms with Crippen molar-refractivity contribution in [2.75, 3.05) is 49.9 Å². The Balaban J connectivity index is 1.09. The number of alkyl halides is 1. The number of nitrogens with zero attached hydrogens (tertiary/aromatic N) is 4. The molecule has 0 unspecified atom stereocenters. The molecule has 0 spiro atoms. The van der Waals surface area contributed by atoms with E-state index in [1.54, 1.807) is 48.7 Å². The molecule has 2 amide bonds. The molecular weight excluding hydrogens is 535 g/mol. The van der Waals surface area contributed by atoms with Crippen molar-refractivity contribution in [1.82, 2.24) is 19.4 Å². The van der Waals surface area contributed by atoms with Gasteiger partial charge >= 0.3 is 6.03 Å². The number of fused-ring (bicyclic) bond motifs is 3. The Morgan fingerprint density at radius 1 is 1.20 bits per heavy atom.